The zero-order chi connectivity index (χ0) is 17.5. The first-order chi connectivity index (χ1) is 12.6. The molecule has 0 radical (unpaired) electrons. The summed E-state index contributed by atoms with van der Waals surface area (Å²) in [6.07, 6.45) is 14.1. The van der Waals surface area contributed by atoms with Gasteiger partial charge >= 0.3 is 5.97 Å². The van der Waals surface area contributed by atoms with E-state index in [2.05, 4.69) is 11.8 Å². The number of ether oxygens (including phenoxy) is 1. The highest BCUT2D eigenvalue weighted by molar-refractivity contribution is 5.75. The fourth-order valence-corrected chi connectivity index (χ4v) is 7.80. The van der Waals surface area contributed by atoms with Crippen LogP contribution in [0.1, 0.15) is 71.1 Å². The molecule has 144 valence electrons. The summed E-state index contributed by atoms with van der Waals surface area (Å²) in [4.78, 5) is 15.5. The Balaban J connectivity index is 1.26. The highest BCUT2D eigenvalue weighted by Crippen LogP contribution is 2.75. The van der Waals surface area contributed by atoms with Crippen molar-refractivity contribution < 1.29 is 9.53 Å². The number of carbonyl (C=O) groups is 1. The number of hydrogen-bond donors (Lipinski definition) is 0. The first-order valence-corrected chi connectivity index (χ1v) is 11.5. The Hall–Kier alpha value is -0.570. The molecule has 2 saturated heterocycles. The molecule has 4 saturated carbocycles. The molecular weight excluding hydrogens is 322 g/mol. The minimum atomic E-state index is 0.159. The van der Waals surface area contributed by atoms with Crippen LogP contribution in [-0.4, -0.2) is 36.6 Å². The van der Waals surface area contributed by atoms with Gasteiger partial charge < -0.3 is 9.64 Å². The molecule has 5 atom stereocenters. The Kier molecular flexibility index (Phi) is 3.46. The number of esters is 1. The molecule has 0 N–H and O–H groups in total. The number of fused-ring (bicyclic) bond motifs is 5. The molecule has 4 aliphatic carbocycles. The lowest BCUT2D eigenvalue weighted by Crippen LogP contribution is -2.40. The van der Waals surface area contributed by atoms with Gasteiger partial charge in [0.1, 0.15) is 6.10 Å². The van der Waals surface area contributed by atoms with E-state index in [9.17, 15) is 4.79 Å². The lowest BCUT2D eigenvalue weighted by atomic mass is 9.73. The molecule has 3 heteroatoms. The van der Waals surface area contributed by atoms with Gasteiger partial charge in [0.25, 0.3) is 0 Å². The number of likely N-dealkylation sites (tertiary alicyclic amines) is 1. The van der Waals surface area contributed by atoms with E-state index in [1.807, 2.05) is 0 Å². The Morgan fingerprint density at radius 2 is 1.65 bits per heavy atom. The van der Waals surface area contributed by atoms with Gasteiger partial charge in [-0.25, -0.2) is 0 Å². The smallest absolute Gasteiger partial charge is 0.310 e. The second-order valence-electron chi connectivity index (χ2n) is 11.1. The van der Waals surface area contributed by atoms with Gasteiger partial charge in [0.2, 0.25) is 0 Å². The second kappa shape index (κ2) is 5.49. The summed E-state index contributed by atoms with van der Waals surface area (Å²) in [5.74, 6) is 3.29. The third-order valence-corrected chi connectivity index (χ3v) is 9.82. The quantitative estimate of drug-likeness (QED) is 0.692. The molecule has 6 fully saturated rings. The van der Waals surface area contributed by atoms with Gasteiger partial charge in [-0.1, -0.05) is 6.92 Å². The van der Waals surface area contributed by atoms with Crippen LogP contribution < -0.4 is 0 Å². The van der Waals surface area contributed by atoms with E-state index in [0.717, 1.165) is 18.4 Å². The molecule has 0 aromatic carbocycles. The van der Waals surface area contributed by atoms with Gasteiger partial charge in [-0.2, -0.15) is 0 Å². The molecule has 6 rings (SSSR count). The van der Waals surface area contributed by atoms with Crippen molar-refractivity contribution in [1.29, 1.82) is 0 Å². The van der Waals surface area contributed by atoms with Gasteiger partial charge in [-0.05, 0) is 100.0 Å². The van der Waals surface area contributed by atoms with Crippen molar-refractivity contribution in [1.82, 2.24) is 4.90 Å². The number of rotatable bonds is 2. The Morgan fingerprint density at radius 3 is 2.35 bits per heavy atom. The molecule has 6 aliphatic rings. The summed E-state index contributed by atoms with van der Waals surface area (Å²) in [5, 5.41) is 0. The summed E-state index contributed by atoms with van der Waals surface area (Å²) in [7, 11) is 0. The molecule has 2 spiro atoms. The number of carbonyl (C=O) groups excluding carboxylic acids is 1. The van der Waals surface area contributed by atoms with Crippen molar-refractivity contribution in [3.05, 3.63) is 0 Å². The van der Waals surface area contributed by atoms with Crippen LogP contribution in [0.25, 0.3) is 0 Å². The molecule has 26 heavy (non-hydrogen) atoms. The SMILES string of the molecule is CC1CCN(CC2C(=O)O[C@H]3C2CCC2(CC2)C2CCC4(CC4)C23)CC1. The van der Waals surface area contributed by atoms with E-state index >= 15 is 0 Å². The summed E-state index contributed by atoms with van der Waals surface area (Å²) < 4.78 is 6.27. The topological polar surface area (TPSA) is 29.5 Å². The van der Waals surface area contributed by atoms with E-state index in [1.54, 1.807) is 0 Å². The standard InChI is InChI=1S/C23H35NO2/c1-15-4-12-24(13-5-15)14-17-16-2-6-22(8-9-22)18-3-7-23(10-11-23)19(18)20(16)26-21(17)25/h15-20H,2-14H2,1H3/t16?,17?,18?,19?,20-/m0/s1. The zero-order valence-electron chi connectivity index (χ0n) is 16.4. The van der Waals surface area contributed by atoms with Crippen LogP contribution in [-0.2, 0) is 9.53 Å². The lowest BCUT2D eigenvalue weighted by molar-refractivity contribution is -0.148. The monoisotopic (exact) mass is 357 g/mol. The van der Waals surface area contributed by atoms with Gasteiger partial charge in [-0.3, -0.25) is 4.79 Å². The van der Waals surface area contributed by atoms with Gasteiger partial charge in [-0.15, -0.1) is 0 Å². The normalized spacial score (nSPS) is 46.0. The maximum absolute atomic E-state index is 12.9. The summed E-state index contributed by atoms with van der Waals surface area (Å²) in [5.41, 5.74) is 1.25. The van der Waals surface area contributed by atoms with Crippen molar-refractivity contribution in [3.8, 4) is 0 Å². The minimum Gasteiger partial charge on any atom is -0.461 e. The minimum absolute atomic E-state index is 0.159. The average Bonchev–Trinajstić information content (AvgIpc) is 3.52. The van der Waals surface area contributed by atoms with Crippen molar-refractivity contribution >= 4 is 5.97 Å². The largest absolute Gasteiger partial charge is 0.461 e. The van der Waals surface area contributed by atoms with Crippen molar-refractivity contribution in [3.63, 3.8) is 0 Å². The number of hydrogen-bond acceptors (Lipinski definition) is 3. The second-order valence-corrected chi connectivity index (χ2v) is 11.1. The van der Waals surface area contributed by atoms with Gasteiger partial charge in [0.15, 0.2) is 0 Å². The third kappa shape index (κ3) is 2.31. The summed E-state index contributed by atoms with van der Waals surface area (Å²) in [6.45, 7) is 5.71. The molecule has 0 amide bonds. The highest BCUT2D eigenvalue weighted by atomic mass is 16.6. The average molecular weight is 358 g/mol. The molecule has 0 bridgehead atoms. The first kappa shape index (κ1) is 16.4. The fraction of sp³-hybridized carbons (Fsp3) is 0.957. The van der Waals surface area contributed by atoms with E-state index in [4.69, 9.17) is 4.74 Å². The predicted molar refractivity (Wildman–Crippen MR) is 100 cm³/mol. The Labute approximate surface area is 158 Å². The molecular formula is C23H35NO2. The highest BCUT2D eigenvalue weighted by Gasteiger charge is 2.69. The Morgan fingerprint density at radius 1 is 0.962 bits per heavy atom. The maximum atomic E-state index is 12.9. The molecule has 0 aromatic heterocycles. The predicted octanol–water partition coefficient (Wildman–Crippen LogP) is 4.26. The van der Waals surface area contributed by atoms with Gasteiger partial charge in [0, 0.05) is 18.4 Å². The third-order valence-electron chi connectivity index (χ3n) is 9.82. The van der Waals surface area contributed by atoms with Gasteiger partial charge in [0.05, 0.1) is 5.92 Å². The van der Waals surface area contributed by atoms with E-state index in [1.165, 1.54) is 77.3 Å². The van der Waals surface area contributed by atoms with Crippen LogP contribution >= 0.6 is 0 Å². The summed E-state index contributed by atoms with van der Waals surface area (Å²) in [6, 6.07) is 0. The van der Waals surface area contributed by atoms with E-state index < -0.39 is 0 Å². The summed E-state index contributed by atoms with van der Waals surface area (Å²) >= 11 is 0. The number of nitrogens with zero attached hydrogens (tertiary/aromatic N) is 1. The van der Waals surface area contributed by atoms with Crippen LogP contribution in [0.2, 0.25) is 0 Å². The molecule has 4 unspecified atom stereocenters. The van der Waals surface area contributed by atoms with Crippen LogP contribution in [0.4, 0.5) is 0 Å². The fourth-order valence-electron chi connectivity index (χ4n) is 7.80. The number of piperidine rings is 1. The van der Waals surface area contributed by atoms with Crippen molar-refractivity contribution in [2.45, 2.75) is 77.2 Å². The van der Waals surface area contributed by atoms with Crippen molar-refractivity contribution in [2.75, 3.05) is 19.6 Å². The molecule has 2 heterocycles. The van der Waals surface area contributed by atoms with Crippen LogP contribution in [0.15, 0.2) is 0 Å². The van der Waals surface area contributed by atoms with Crippen molar-refractivity contribution in [2.24, 2.45) is 40.4 Å². The molecule has 0 aromatic rings. The lowest BCUT2D eigenvalue weighted by Gasteiger charge is -2.34. The maximum Gasteiger partial charge on any atom is 0.310 e. The first-order valence-electron chi connectivity index (χ1n) is 11.5. The molecule has 2 aliphatic heterocycles. The zero-order valence-corrected chi connectivity index (χ0v) is 16.4. The van der Waals surface area contributed by atoms with Crippen LogP contribution in [0.3, 0.4) is 0 Å². The van der Waals surface area contributed by atoms with Crippen LogP contribution in [0.5, 0.6) is 0 Å². The van der Waals surface area contributed by atoms with Crippen LogP contribution in [0, 0.1) is 40.4 Å². The Bertz CT molecular complexity index is 599. The van der Waals surface area contributed by atoms with E-state index in [0.29, 0.717) is 22.7 Å². The molecule has 3 nitrogen and oxygen atoms in total. The van der Waals surface area contributed by atoms with E-state index in [-0.39, 0.29) is 18.0 Å².